The SMILES string of the molecule is CN(C(=O)O)C(=O)c1ccc2c(c1)CCOC2CCO. The van der Waals surface area contributed by atoms with Crippen LogP contribution in [0.15, 0.2) is 18.2 Å². The highest BCUT2D eigenvalue weighted by atomic mass is 16.5. The summed E-state index contributed by atoms with van der Waals surface area (Å²) < 4.78 is 5.58. The van der Waals surface area contributed by atoms with Crippen LogP contribution >= 0.6 is 0 Å². The monoisotopic (exact) mass is 279 g/mol. The third kappa shape index (κ3) is 2.81. The lowest BCUT2D eigenvalue weighted by Crippen LogP contribution is -2.32. The molecule has 6 nitrogen and oxygen atoms in total. The Balaban J connectivity index is 2.28. The van der Waals surface area contributed by atoms with Gasteiger partial charge < -0.3 is 14.9 Å². The highest BCUT2D eigenvalue weighted by Crippen LogP contribution is 2.30. The van der Waals surface area contributed by atoms with Gasteiger partial charge in [0.05, 0.1) is 12.7 Å². The molecule has 1 unspecified atom stereocenters. The van der Waals surface area contributed by atoms with Gasteiger partial charge in [0.2, 0.25) is 0 Å². The average molecular weight is 279 g/mol. The van der Waals surface area contributed by atoms with Crippen LogP contribution in [0.4, 0.5) is 4.79 Å². The van der Waals surface area contributed by atoms with E-state index in [4.69, 9.17) is 14.9 Å². The first-order chi connectivity index (χ1) is 9.54. The normalized spacial score (nSPS) is 17.4. The highest BCUT2D eigenvalue weighted by molar-refractivity contribution is 6.02. The number of aliphatic hydroxyl groups excluding tert-OH is 1. The van der Waals surface area contributed by atoms with E-state index in [2.05, 4.69) is 0 Å². The molecule has 2 amide bonds. The largest absolute Gasteiger partial charge is 0.465 e. The van der Waals surface area contributed by atoms with Crippen LogP contribution in [0.3, 0.4) is 0 Å². The van der Waals surface area contributed by atoms with Gasteiger partial charge in [0.15, 0.2) is 0 Å². The molecule has 0 saturated heterocycles. The molecule has 1 atom stereocenters. The predicted octanol–water partition coefficient (Wildman–Crippen LogP) is 1.43. The van der Waals surface area contributed by atoms with E-state index < -0.39 is 12.0 Å². The van der Waals surface area contributed by atoms with Crippen LogP contribution in [0.5, 0.6) is 0 Å². The number of imide groups is 1. The van der Waals surface area contributed by atoms with E-state index in [1.54, 1.807) is 18.2 Å². The van der Waals surface area contributed by atoms with E-state index in [9.17, 15) is 9.59 Å². The van der Waals surface area contributed by atoms with Gasteiger partial charge in [-0.2, -0.15) is 0 Å². The van der Waals surface area contributed by atoms with Crippen molar-refractivity contribution in [1.29, 1.82) is 0 Å². The van der Waals surface area contributed by atoms with Gasteiger partial charge in [-0.25, -0.2) is 9.69 Å². The van der Waals surface area contributed by atoms with Crippen molar-refractivity contribution in [2.24, 2.45) is 0 Å². The average Bonchev–Trinajstić information content (AvgIpc) is 2.45. The van der Waals surface area contributed by atoms with E-state index in [1.165, 1.54) is 7.05 Å². The molecular weight excluding hydrogens is 262 g/mol. The maximum Gasteiger partial charge on any atom is 0.414 e. The molecule has 1 heterocycles. The van der Waals surface area contributed by atoms with Crippen molar-refractivity contribution in [2.45, 2.75) is 18.9 Å². The topological polar surface area (TPSA) is 87.1 Å². The van der Waals surface area contributed by atoms with Crippen molar-refractivity contribution in [2.75, 3.05) is 20.3 Å². The summed E-state index contributed by atoms with van der Waals surface area (Å²) in [6.07, 6.45) is -0.260. The summed E-state index contributed by atoms with van der Waals surface area (Å²) in [5.74, 6) is -0.550. The van der Waals surface area contributed by atoms with Gasteiger partial charge >= 0.3 is 6.09 Å². The Labute approximate surface area is 116 Å². The molecule has 0 aliphatic carbocycles. The lowest BCUT2D eigenvalue weighted by molar-refractivity contribution is 0.0253. The zero-order valence-electron chi connectivity index (χ0n) is 11.2. The Morgan fingerprint density at radius 2 is 2.20 bits per heavy atom. The molecule has 2 rings (SSSR count). The van der Waals surface area contributed by atoms with Crippen LogP contribution in [-0.2, 0) is 11.2 Å². The van der Waals surface area contributed by atoms with Gasteiger partial charge in [-0.3, -0.25) is 4.79 Å². The van der Waals surface area contributed by atoms with E-state index in [0.29, 0.717) is 29.9 Å². The van der Waals surface area contributed by atoms with Gasteiger partial charge in [-0.1, -0.05) is 6.07 Å². The standard InChI is InChI=1S/C14H17NO5/c1-15(14(18)19)13(17)10-2-3-11-9(8-10)5-7-20-12(11)4-6-16/h2-3,8,12,16H,4-7H2,1H3,(H,18,19). The molecule has 1 aliphatic heterocycles. The van der Waals surface area contributed by atoms with Crippen LogP contribution in [0, 0.1) is 0 Å². The highest BCUT2D eigenvalue weighted by Gasteiger charge is 2.23. The number of amides is 2. The third-order valence-electron chi connectivity index (χ3n) is 3.41. The minimum Gasteiger partial charge on any atom is -0.465 e. The van der Waals surface area contributed by atoms with Crippen molar-refractivity contribution in [3.63, 3.8) is 0 Å². The lowest BCUT2D eigenvalue weighted by Gasteiger charge is -2.26. The Bertz CT molecular complexity index is 528. The van der Waals surface area contributed by atoms with Crippen LogP contribution in [0.1, 0.15) is 34.0 Å². The molecular formula is C14H17NO5. The minimum absolute atomic E-state index is 0.0343. The van der Waals surface area contributed by atoms with Crippen molar-refractivity contribution < 1.29 is 24.5 Å². The summed E-state index contributed by atoms with van der Waals surface area (Å²) in [5, 5.41) is 17.8. The third-order valence-corrected chi connectivity index (χ3v) is 3.41. The maximum absolute atomic E-state index is 12.0. The molecule has 108 valence electrons. The summed E-state index contributed by atoms with van der Waals surface area (Å²) in [5.41, 5.74) is 2.28. The zero-order valence-corrected chi connectivity index (χ0v) is 11.2. The number of fused-ring (bicyclic) bond motifs is 1. The second-order valence-corrected chi connectivity index (χ2v) is 4.68. The van der Waals surface area contributed by atoms with Crippen molar-refractivity contribution >= 4 is 12.0 Å². The summed E-state index contributed by atoms with van der Waals surface area (Å²) >= 11 is 0. The first kappa shape index (κ1) is 14.5. The molecule has 1 aromatic rings. The number of carbonyl (C=O) groups is 2. The number of hydrogen-bond donors (Lipinski definition) is 2. The van der Waals surface area contributed by atoms with Gasteiger partial charge in [0, 0.05) is 25.6 Å². The Kier molecular flexibility index (Phi) is 4.36. The number of ether oxygens (including phenoxy) is 1. The fourth-order valence-corrected chi connectivity index (χ4v) is 2.31. The summed E-state index contributed by atoms with van der Waals surface area (Å²) in [6.45, 7) is 0.566. The smallest absolute Gasteiger partial charge is 0.414 e. The summed E-state index contributed by atoms with van der Waals surface area (Å²) in [4.78, 5) is 23.4. The number of rotatable bonds is 3. The van der Waals surface area contributed by atoms with E-state index in [-0.39, 0.29) is 12.7 Å². The molecule has 6 heteroatoms. The number of nitrogens with zero attached hydrogens (tertiary/aromatic N) is 1. The Morgan fingerprint density at radius 3 is 2.85 bits per heavy atom. The molecule has 1 aromatic carbocycles. The second kappa shape index (κ2) is 6.02. The van der Waals surface area contributed by atoms with Gasteiger partial charge in [-0.05, 0) is 29.7 Å². The lowest BCUT2D eigenvalue weighted by atomic mass is 9.93. The molecule has 0 spiro atoms. The van der Waals surface area contributed by atoms with Crippen LogP contribution in [0.25, 0.3) is 0 Å². The number of carbonyl (C=O) groups excluding carboxylic acids is 1. The Morgan fingerprint density at radius 1 is 1.45 bits per heavy atom. The molecule has 0 aromatic heterocycles. The van der Waals surface area contributed by atoms with Crippen LogP contribution in [0.2, 0.25) is 0 Å². The van der Waals surface area contributed by atoms with E-state index in [0.717, 1.165) is 11.1 Å². The van der Waals surface area contributed by atoms with Crippen molar-refractivity contribution in [1.82, 2.24) is 4.90 Å². The second-order valence-electron chi connectivity index (χ2n) is 4.68. The minimum atomic E-state index is -1.28. The van der Waals surface area contributed by atoms with Gasteiger partial charge in [0.25, 0.3) is 5.91 Å². The van der Waals surface area contributed by atoms with Crippen LogP contribution < -0.4 is 0 Å². The van der Waals surface area contributed by atoms with E-state index in [1.807, 2.05) is 0 Å². The summed E-state index contributed by atoms with van der Waals surface area (Å²) in [7, 11) is 1.22. The Hall–Kier alpha value is -1.92. The maximum atomic E-state index is 12.0. The molecule has 0 fully saturated rings. The molecule has 1 aliphatic rings. The molecule has 20 heavy (non-hydrogen) atoms. The number of aliphatic hydroxyl groups is 1. The van der Waals surface area contributed by atoms with Gasteiger partial charge in [-0.15, -0.1) is 0 Å². The van der Waals surface area contributed by atoms with Gasteiger partial charge in [0.1, 0.15) is 0 Å². The fraction of sp³-hybridized carbons (Fsp3) is 0.429. The first-order valence-corrected chi connectivity index (χ1v) is 6.41. The molecule has 2 N–H and O–H groups in total. The van der Waals surface area contributed by atoms with Crippen molar-refractivity contribution in [3.8, 4) is 0 Å². The fourth-order valence-electron chi connectivity index (χ4n) is 2.31. The number of hydrogen-bond acceptors (Lipinski definition) is 4. The molecule has 0 bridgehead atoms. The molecule has 0 radical (unpaired) electrons. The van der Waals surface area contributed by atoms with Crippen molar-refractivity contribution in [3.05, 3.63) is 34.9 Å². The quantitative estimate of drug-likeness (QED) is 0.874. The number of carboxylic acid groups (broad SMARTS) is 1. The molecule has 0 saturated carbocycles. The number of benzene rings is 1. The first-order valence-electron chi connectivity index (χ1n) is 6.41. The predicted molar refractivity (Wildman–Crippen MR) is 70.7 cm³/mol. The summed E-state index contributed by atoms with van der Waals surface area (Å²) in [6, 6.07) is 5.08. The van der Waals surface area contributed by atoms with E-state index >= 15 is 0 Å². The zero-order chi connectivity index (χ0) is 14.7. The van der Waals surface area contributed by atoms with Crippen LogP contribution in [-0.4, -0.2) is 47.4 Å².